The van der Waals surface area contributed by atoms with Crippen LogP contribution >= 0.6 is 11.8 Å². The lowest BCUT2D eigenvalue weighted by Crippen LogP contribution is -2.56. The minimum Gasteiger partial charge on any atom is -0.369 e. The van der Waals surface area contributed by atoms with E-state index in [2.05, 4.69) is 25.7 Å². The molecule has 4 aliphatic rings. The number of carbonyl (C=O) groups excluding carboxylic acids is 2. The maximum Gasteiger partial charge on any atom is 0.253 e. The first-order valence-electron chi connectivity index (χ1n) is 12.6. The van der Waals surface area contributed by atoms with Crippen LogP contribution in [0, 0.1) is 0 Å². The number of thioether (sulfide) groups is 1. The van der Waals surface area contributed by atoms with Gasteiger partial charge in [0.05, 0.1) is 6.54 Å². The fourth-order valence-electron chi connectivity index (χ4n) is 5.33. The Bertz CT molecular complexity index is 826. The third-order valence-corrected chi connectivity index (χ3v) is 8.69. The first kappa shape index (κ1) is 23.0. The van der Waals surface area contributed by atoms with Crippen LogP contribution in [0.1, 0.15) is 29.6 Å². The molecule has 4 fully saturated rings. The molecule has 0 aromatic heterocycles. The largest absolute Gasteiger partial charge is 0.369 e. The number of hydrogen-bond donors (Lipinski definition) is 0. The van der Waals surface area contributed by atoms with E-state index in [1.54, 1.807) is 0 Å². The average molecular weight is 472 g/mol. The number of piperazine rings is 2. The second-order valence-corrected chi connectivity index (χ2v) is 10.9. The molecule has 3 aliphatic heterocycles. The fourth-order valence-corrected chi connectivity index (χ4v) is 6.23. The van der Waals surface area contributed by atoms with Gasteiger partial charge in [-0.1, -0.05) is 12.5 Å². The zero-order chi connectivity index (χ0) is 22.6. The number of nitrogens with zero attached hydrogens (tertiary/aromatic N) is 5. The number of anilines is 1. The summed E-state index contributed by atoms with van der Waals surface area (Å²) in [6.07, 6.45) is 4.05. The zero-order valence-corrected chi connectivity index (χ0v) is 20.5. The van der Waals surface area contributed by atoms with Crippen LogP contribution in [-0.2, 0) is 4.79 Å². The maximum atomic E-state index is 12.9. The van der Waals surface area contributed by atoms with Crippen molar-refractivity contribution in [2.75, 3.05) is 88.4 Å². The number of rotatable bonds is 5. The zero-order valence-electron chi connectivity index (χ0n) is 19.7. The molecular weight excluding hydrogens is 434 g/mol. The van der Waals surface area contributed by atoms with Gasteiger partial charge in [0, 0.05) is 94.2 Å². The van der Waals surface area contributed by atoms with Gasteiger partial charge in [-0.15, -0.1) is 0 Å². The monoisotopic (exact) mass is 471 g/mol. The summed E-state index contributed by atoms with van der Waals surface area (Å²) in [4.78, 5) is 37.0. The lowest BCUT2D eigenvalue weighted by molar-refractivity contribution is -0.134. The third-order valence-electron chi connectivity index (χ3n) is 7.75. The van der Waals surface area contributed by atoms with Gasteiger partial charge in [-0.25, -0.2) is 0 Å². The van der Waals surface area contributed by atoms with Gasteiger partial charge in [-0.3, -0.25) is 19.4 Å². The molecule has 3 saturated heterocycles. The molecule has 0 unspecified atom stereocenters. The van der Waals surface area contributed by atoms with E-state index in [9.17, 15) is 9.59 Å². The van der Waals surface area contributed by atoms with Gasteiger partial charge in [-0.2, -0.15) is 11.8 Å². The van der Waals surface area contributed by atoms with E-state index in [0.29, 0.717) is 6.54 Å². The van der Waals surface area contributed by atoms with E-state index in [1.165, 1.54) is 19.3 Å². The van der Waals surface area contributed by atoms with Crippen LogP contribution in [0.15, 0.2) is 24.3 Å². The van der Waals surface area contributed by atoms with Crippen molar-refractivity contribution in [1.29, 1.82) is 0 Å². The number of carbonyl (C=O) groups is 2. The van der Waals surface area contributed by atoms with Gasteiger partial charge in [-0.05, 0) is 31.0 Å². The van der Waals surface area contributed by atoms with Crippen molar-refractivity contribution in [3.8, 4) is 0 Å². The molecule has 0 atom stereocenters. The summed E-state index contributed by atoms with van der Waals surface area (Å²) in [6, 6.07) is 8.87. The Labute approximate surface area is 202 Å². The van der Waals surface area contributed by atoms with E-state index in [4.69, 9.17) is 0 Å². The quantitative estimate of drug-likeness (QED) is 0.652. The molecule has 3 heterocycles. The summed E-state index contributed by atoms with van der Waals surface area (Å²) in [5.41, 5.74) is 1.91. The van der Waals surface area contributed by atoms with Gasteiger partial charge in [0.15, 0.2) is 0 Å². The molecular formula is C25H37N5O2S. The minimum atomic E-state index is 0.152. The van der Waals surface area contributed by atoms with Crippen molar-refractivity contribution >= 4 is 29.3 Å². The summed E-state index contributed by atoms with van der Waals surface area (Å²) in [5.74, 6) is 2.49. The Morgan fingerprint density at radius 3 is 2.24 bits per heavy atom. The highest BCUT2D eigenvalue weighted by molar-refractivity contribution is 7.99. The molecule has 0 spiro atoms. The van der Waals surface area contributed by atoms with Crippen molar-refractivity contribution < 1.29 is 9.59 Å². The van der Waals surface area contributed by atoms with Crippen molar-refractivity contribution in [2.45, 2.75) is 25.3 Å². The fraction of sp³-hybridized carbons (Fsp3) is 0.680. The van der Waals surface area contributed by atoms with Crippen LogP contribution in [0.25, 0.3) is 0 Å². The van der Waals surface area contributed by atoms with E-state index in [1.807, 2.05) is 34.9 Å². The van der Waals surface area contributed by atoms with E-state index in [-0.39, 0.29) is 11.8 Å². The minimum absolute atomic E-state index is 0.152. The van der Waals surface area contributed by atoms with Crippen LogP contribution in [0.3, 0.4) is 0 Å². The third kappa shape index (κ3) is 5.49. The molecule has 0 bridgehead atoms. The second-order valence-electron chi connectivity index (χ2n) is 9.72. The molecule has 1 saturated carbocycles. The molecule has 180 valence electrons. The van der Waals surface area contributed by atoms with E-state index < -0.39 is 0 Å². The first-order valence-corrected chi connectivity index (χ1v) is 13.8. The molecule has 0 N–H and O–H groups in total. The van der Waals surface area contributed by atoms with Crippen LogP contribution < -0.4 is 4.90 Å². The van der Waals surface area contributed by atoms with E-state index in [0.717, 1.165) is 94.2 Å². The highest BCUT2D eigenvalue weighted by atomic mass is 32.2. The molecule has 0 radical (unpaired) electrons. The highest BCUT2D eigenvalue weighted by Gasteiger charge is 2.30. The highest BCUT2D eigenvalue weighted by Crippen LogP contribution is 2.25. The Morgan fingerprint density at radius 1 is 0.848 bits per heavy atom. The Balaban J connectivity index is 1.08. The summed E-state index contributed by atoms with van der Waals surface area (Å²) < 4.78 is 0. The summed E-state index contributed by atoms with van der Waals surface area (Å²) in [5, 5.41) is 0. The molecule has 33 heavy (non-hydrogen) atoms. The van der Waals surface area contributed by atoms with Crippen molar-refractivity contribution in [2.24, 2.45) is 0 Å². The van der Waals surface area contributed by atoms with Crippen molar-refractivity contribution in [3.05, 3.63) is 29.8 Å². The smallest absolute Gasteiger partial charge is 0.253 e. The Hall–Kier alpha value is -1.77. The van der Waals surface area contributed by atoms with Gasteiger partial charge in [0.2, 0.25) is 5.91 Å². The molecule has 7 nitrogen and oxygen atoms in total. The number of amides is 2. The van der Waals surface area contributed by atoms with Crippen molar-refractivity contribution in [1.82, 2.24) is 19.6 Å². The summed E-state index contributed by atoms with van der Waals surface area (Å²) >= 11 is 1.92. The van der Waals surface area contributed by atoms with Gasteiger partial charge in [0.1, 0.15) is 0 Å². The lowest BCUT2D eigenvalue weighted by Gasteiger charge is -2.43. The Morgan fingerprint density at radius 2 is 1.58 bits per heavy atom. The molecule has 1 aromatic rings. The second kappa shape index (κ2) is 10.7. The average Bonchev–Trinajstić information content (AvgIpc) is 2.84. The summed E-state index contributed by atoms with van der Waals surface area (Å²) in [6.45, 7) is 9.60. The van der Waals surface area contributed by atoms with E-state index >= 15 is 0 Å². The predicted molar refractivity (Wildman–Crippen MR) is 134 cm³/mol. The normalized spacial score (nSPS) is 23.5. The molecule has 1 aromatic carbocycles. The number of hydrogen-bond acceptors (Lipinski definition) is 6. The maximum absolute atomic E-state index is 12.9. The topological polar surface area (TPSA) is 50.3 Å². The van der Waals surface area contributed by atoms with Crippen LogP contribution in [-0.4, -0.2) is 121 Å². The molecule has 5 rings (SSSR count). The van der Waals surface area contributed by atoms with Crippen LogP contribution in [0.2, 0.25) is 0 Å². The van der Waals surface area contributed by atoms with Crippen LogP contribution in [0.5, 0.6) is 0 Å². The summed E-state index contributed by atoms with van der Waals surface area (Å²) in [7, 11) is 0. The first-order chi connectivity index (χ1) is 16.2. The number of benzene rings is 1. The van der Waals surface area contributed by atoms with Crippen LogP contribution in [0.4, 0.5) is 5.69 Å². The standard InChI is InChI=1S/C25H37N5O2S/c31-24(29-13-11-27(12-14-29)22-4-2-5-22)20-26-7-9-28(10-8-26)23-6-1-3-21(19-23)25(32)30-15-17-33-18-16-30/h1,3,6,19,22H,2,4-5,7-18,20H2. The van der Waals surface area contributed by atoms with Gasteiger partial charge >= 0.3 is 0 Å². The van der Waals surface area contributed by atoms with Gasteiger partial charge < -0.3 is 14.7 Å². The molecule has 2 amide bonds. The molecule has 8 heteroatoms. The lowest BCUT2D eigenvalue weighted by atomic mass is 9.91. The van der Waals surface area contributed by atoms with Crippen molar-refractivity contribution in [3.63, 3.8) is 0 Å². The SMILES string of the molecule is O=C(CN1CCN(c2cccc(C(=O)N3CCSCC3)c2)CC1)N1CCN(C2CCC2)CC1. The molecule has 1 aliphatic carbocycles. The predicted octanol–water partition coefficient (Wildman–Crippen LogP) is 1.69. The Kier molecular flexibility index (Phi) is 7.43. The van der Waals surface area contributed by atoms with Gasteiger partial charge in [0.25, 0.3) is 5.91 Å².